The van der Waals surface area contributed by atoms with Crippen LogP contribution < -0.4 is 0 Å². The lowest BCUT2D eigenvalue weighted by atomic mass is 10.2. The van der Waals surface area contributed by atoms with Crippen molar-refractivity contribution in [3.63, 3.8) is 0 Å². The van der Waals surface area contributed by atoms with Crippen LogP contribution in [0.5, 0.6) is 5.75 Å². The van der Waals surface area contributed by atoms with Crippen molar-refractivity contribution in [1.29, 1.82) is 0 Å². The van der Waals surface area contributed by atoms with Gasteiger partial charge in [0.2, 0.25) is 10.0 Å². The predicted octanol–water partition coefficient (Wildman–Crippen LogP) is 1.17. The minimum atomic E-state index is -4.17. The second-order valence-corrected chi connectivity index (χ2v) is 6.70. The first-order valence-corrected chi connectivity index (χ1v) is 7.82. The van der Waals surface area contributed by atoms with Crippen LogP contribution in [-0.4, -0.2) is 43.5 Å². The van der Waals surface area contributed by atoms with E-state index in [0.717, 1.165) is 10.4 Å². The van der Waals surface area contributed by atoms with Gasteiger partial charge in [-0.3, -0.25) is 4.79 Å². The highest BCUT2D eigenvalue weighted by Crippen LogP contribution is 2.33. The van der Waals surface area contributed by atoms with Crippen LogP contribution >= 0.6 is 0 Å². The third-order valence-electron chi connectivity index (χ3n) is 3.54. The minimum absolute atomic E-state index is 0.122. The molecule has 1 saturated heterocycles. The van der Waals surface area contributed by atoms with E-state index in [1.54, 1.807) is 0 Å². The maximum atomic E-state index is 13.7. The maximum Gasteiger partial charge on any atom is 0.324 e. The molecule has 116 valence electrons. The largest absolute Gasteiger partial charge is 0.504 e. The Bertz CT molecular complexity index is 673. The fourth-order valence-corrected chi connectivity index (χ4v) is 4.10. The number of phenolic OH excluding ortho intramolecular Hbond substituents is 1. The van der Waals surface area contributed by atoms with Crippen molar-refractivity contribution in [2.75, 3.05) is 13.7 Å². The molecule has 1 aromatic carbocycles. The molecule has 1 fully saturated rings. The van der Waals surface area contributed by atoms with E-state index in [2.05, 4.69) is 4.74 Å². The molecule has 0 radical (unpaired) electrons. The molecule has 0 bridgehead atoms. The molecule has 0 aliphatic carbocycles. The van der Waals surface area contributed by atoms with Gasteiger partial charge < -0.3 is 9.84 Å². The SMILES string of the molecule is COC(=O)[C@@H]1CCCN1S(=O)(=O)c1ccc(C)c(F)c1O. The minimum Gasteiger partial charge on any atom is -0.504 e. The summed E-state index contributed by atoms with van der Waals surface area (Å²) in [6.07, 6.45) is 0.828. The Balaban J connectivity index is 2.47. The zero-order valence-corrected chi connectivity index (χ0v) is 12.5. The molecule has 21 heavy (non-hydrogen) atoms. The molecule has 0 spiro atoms. The number of nitrogens with zero attached hydrogens (tertiary/aromatic N) is 1. The van der Waals surface area contributed by atoms with Gasteiger partial charge in [-0.1, -0.05) is 6.07 Å². The number of rotatable bonds is 3. The lowest BCUT2D eigenvalue weighted by Gasteiger charge is -2.22. The van der Waals surface area contributed by atoms with Crippen LogP contribution in [0, 0.1) is 12.7 Å². The van der Waals surface area contributed by atoms with E-state index in [9.17, 15) is 22.7 Å². The molecular formula is C13H16FNO5S. The first-order valence-electron chi connectivity index (χ1n) is 6.38. The number of benzene rings is 1. The number of hydrogen-bond acceptors (Lipinski definition) is 5. The molecule has 1 aliphatic heterocycles. The van der Waals surface area contributed by atoms with Crippen molar-refractivity contribution in [3.05, 3.63) is 23.5 Å². The van der Waals surface area contributed by atoms with E-state index in [1.807, 2.05) is 0 Å². The summed E-state index contributed by atoms with van der Waals surface area (Å²) < 4.78 is 44.3. The molecule has 0 saturated carbocycles. The first-order chi connectivity index (χ1) is 9.80. The van der Waals surface area contributed by atoms with Crippen LogP contribution in [0.1, 0.15) is 18.4 Å². The molecule has 1 heterocycles. The Labute approximate surface area is 122 Å². The van der Waals surface area contributed by atoms with Gasteiger partial charge in [0.05, 0.1) is 7.11 Å². The van der Waals surface area contributed by atoms with Gasteiger partial charge in [0.15, 0.2) is 11.6 Å². The van der Waals surface area contributed by atoms with Crippen molar-refractivity contribution in [2.24, 2.45) is 0 Å². The Morgan fingerprint density at radius 1 is 1.48 bits per heavy atom. The number of sulfonamides is 1. The lowest BCUT2D eigenvalue weighted by Crippen LogP contribution is -2.41. The second kappa shape index (κ2) is 5.61. The number of halogens is 1. The molecule has 1 aliphatic rings. The molecule has 0 aromatic heterocycles. The number of carbonyl (C=O) groups is 1. The molecule has 1 aromatic rings. The monoisotopic (exact) mass is 317 g/mol. The predicted molar refractivity (Wildman–Crippen MR) is 71.7 cm³/mol. The molecule has 0 unspecified atom stereocenters. The number of aromatic hydroxyl groups is 1. The zero-order chi connectivity index (χ0) is 15.8. The third kappa shape index (κ3) is 2.60. The van der Waals surface area contributed by atoms with Crippen LogP contribution in [-0.2, 0) is 19.6 Å². The Kier molecular flexibility index (Phi) is 4.20. The highest BCUT2D eigenvalue weighted by atomic mass is 32.2. The lowest BCUT2D eigenvalue weighted by molar-refractivity contribution is -0.144. The number of ether oxygens (including phenoxy) is 1. The van der Waals surface area contributed by atoms with Crippen LogP contribution in [0.4, 0.5) is 4.39 Å². The zero-order valence-electron chi connectivity index (χ0n) is 11.7. The summed E-state index contributed by atoms with van der Waals surface area (Å²) in [5.41, 5.74) is 0.136. The van der Waals surface area contributed by atoms with E-state index in [-0.39, 0.29) is 12.1 Å². The molecule has 2 rings (SSSR count). The van der Waals surface area contributed by atoms with Crippen molar-refractivity contribution < 1.29 is 27.4 Å². The number of aryl methyl sites for hydroxylation is 1. The number of phenols is 1. The highest BCUT2D eigenvalue weighted by molar-refractivity contribution is 7.89. The standard InChI is InChI=1S/C13H16FNO5S/c1-8-5-6-10(12(16)11(8)14)21(18,19)15-7-3-4-9(15)13(17)20-2/h5-6,9,16H,3-4,7H2,1-2H3/t9-/m0/s1. The van der Waals surface area contributed by atoms with Crippen molar-refractivity contribution in [1.82, 2.24) is 4.31 Å². The average Bonchev–Trinajstić information content (AvgIpc) is 2.94. The number of esters is 1. The number of carbonyl (C=O) groups excluding carboxylic acids is 1. The molecule has 8 heteroatoms. The first kappa shape index (κ1) is 15.7. The molecule has 6 nitrogen and oxygen atoms in total. The average molecular weight is 317 g/mol. The summed E-state index contributed by atoms with van der Waals surface area (Å²) in [4.78, 5) is 11.1. The van der Waals surface area contributed by atoms with Crippen LogP contribution in [0.25, 0.3) is 0 Å². The quantitative estimate of drug-likeness (QED) is 0.846. The smallest absolute Gasteiger partial charge is 0.324 e. The Morgan fingerprint density at radius 3 is 2.76 bits per heavy atom. The summed E-state index contributed by atoms with van der Waals surface area (Å²) in [5, 5.41) is 9.76. The van der Waals surface area contributed by atoms with Crippen molar-refractivity contribution in [3.8, 4) is 5.75 Å². The van der Waals surface area contributed by atoms with E-state index in [4.69, 9.17) is 0 Å². The summed E-state index contributed by atoms with van der Waals surface area (Å²) in [5.74, 6) is -2.57. The van der Waals surface area contributed by atoms with E-state index in [1.165, 1.54) is 20.1 Å². The van der Waals surface area contributed by atoms with Gasteiger partial charge in [0.1, 0.15) is 10.9 Å². The molecule has 1 atom stereocenters. The van der Waals surface area contributed by atoms with Crippen molar-refractivity contribution >= 4 is 16.0 Å². The summed E-state index contributed by atoms with van der Waals surface area (Å²) >= 11 is 0. The summed E-state index contributed by atoms with van der Waals surface area (Å²) in [7, 11) is -3.00. The summed E-state index contributed by atoms with van der Waals surface area (Å²) in [6, 6.07) is 1.46. The second-order valence-electron chi connectivity index (χ2n) is 4.84. The normalized spacial score (nSPS) is 19.7. The van der Waals surface area contributed by atoms with Gasteiger partial charge >= 0.3 is 5.97 Å². The van der Waals surface area contributed by atoms with Crippen LogP contribution in [0.15, 0.2) is 17.0 Å². The van der Waals surface area contributed by atoms with Crippen LogP contribution in [0.2, 0.25) is 0 Å². The fourth-order valence-electron chi connectivity index (χ4n) is 2.38. The van der Waals surface area contributed by atoms with Gasteiger partial charge in [0.25, 0.3) is 0 Å². The molecular weight excluding hydrogens is 301 g/mol. The number of hydrogen-bond donors (Lipinski definition) is 1. The van der Waals surface area contributed by atoms with Gasteiger partial charge in [-0.25, -0.2) is 12.8 Å². The fraction of sp³-hybridized carbons (Fsp3) is 0.462. The molecule has 0 amide bonds. The topological polar surface area (TPSA) is 83.9 Å². The van der Waals surface area contributed by atoms with Crippen LogP contribution in [0.3, 0.4) is 0 Å². The van der Waals surface area contributed by atoms with Crippen molar-refractivity contribution in [2.45, 2.75) is 30.7 Å². The van der Waals surface area contributed by atoms with Gasteiger partial charge in [-0.15, -0.1) is 0 Å². The Morgan fingerprint density at radius 2 is 2.14 bits per heavy atom. The van der Waals surface area contributed by atoms with E-state index >= 15 is 0 Å². The van der Waals surface area contributed by atoms with E-state index < -0.39 is 38.5 Å². The Hall–Kier alpha value is -1.67. The highest BCUT2D eigenvalue weighted by Gasteiger charge is 2.41. The third-order valence-corrected chi connectivity index (χ3v) is 5.48. The maximum absolute atomic E-state index is 13.7. The van der Waals surface area contributed by atoms with E-state index in [0.29, 0.717) is 12.8 Å². The van der Waals surface area contributed by atoms with Gasteiger partial charge in [0, 0.05) is 6.54 Å². The summed E-state index contributed by atoms with van der Waals surface area (Å²) in [6.45, 7) is 1.54. The molecule has 1 N–H and O–H groups in total. The van der Waals surface area contributed by atoms with Gasteiger partial charge in [-0.05, 0) is 31.4 Å². The number of methoxy groups -OCH3 is 1. The van der Waals surface area contributed by atoms with Gasteiger partial charge in [-0.2, -0.15) is 4.31 Å².